The number of benzene rings is 5. The van der Waals surface area contributed by atoms with Crippen LogP contribution < -0.4 is 14.4 Å². The summed E-state index contributed by atoms with van der Waals surface area (Å²) in [5.41, 5.74) is 6.75. The van der Waals surface area contributed by atoms with Gasteiger partial charge in [0.1, 0.15) is 11.5 Å². The van der Waals surface area contributed by atoms with Crippen molar-refractivity contribution in [3.05, 3.63) is 120 Å². The molecule has 45 heavy (non-hydrogen) atoms. The van der Waals surface area contributed by atoms with Crippen molar-refractivity contribution in [2.45, 2.75) is 22.9 Å². The Kier molecular flexibility index (Phi) is 7.17. The van der Waals surface area contributed by atoms with Gasteiger partial charge in [0.15, 0.2) is 0 Å². The Hall–Kier alpha value is -4.95. The van der Waals surface area contributed by atoms with Gasteiger partial charge >= 0.3 is 6.18 Å². The van der Waals surface area contributed by atoms with E-state index in [1.54, 1.807) is 32.0 Å². The van der Waals surface area contributed by atoms with Gasteiger partial charge in [0.05, 0.1) is 48.1 Å². The van der Waals surface area contributed by atoms with Crippen LogP contribution in [0.25, 0.3) is 33.3 Å². The number of para-hydroxylation sites is 2. The standard InChI is InChI=1S/C37H27F3N2O2S/c1-22-12-17-32(42-30-8-4-6-10-33(30)45-34-11-7-5-9-31(34)42)36-35(22)28(24-18-26(43-2)20-27(19-24)44-3)21-29(41-36)23-13-15-25(16-14-23)37(38,39)40/h4-21H,1-3H3. The van der Waals surface area contributed by atoms with Crippen LogP contribution in [0.2, 0.25) is 0 Å². The molecule has 0 N–H and O–H groups in total. The third kappa shape index (κ3) is 5.15. The van der Waals surface area contributed by atoms with Crippen molar-refractivity contribution in [2.24, 2.45) is 0 Å². The molecule has 0 saturated carbocycles. The topological polar surface area (TPSA) is 34.6 Å². The molecule has 5 aromatic carbocycles. The van der Waals surface area contributed by atoms with Gasteiger partial charge in [-0.1, -0.05) is 54.2 Å². The minimum Gasteiger partial charge on any atom is -0.497 e. The molecule has 0 atom stereocenters. The van der Waals surface area contributed by atoms with Crippen LogP contribution >= 0.6 is 11.8 Å². The number of anilines is 3. The van der Waals surface area contributed by atoms with Crippen molar-refractivity contribution in [3.63, 3.8) is 0 Å². The van der Waals surface area contributed by atoms with Crippen molar-refractivity contribution in [1.82, 2.24) is 4.98 Å². The summed E-state index contributed by atoms with van der Waals surface area (Å²) in [4.78, 5) is 9.65. The molecule has 0 saturated heterocycles. The van der Waals surface area contributed by atoms with Crippen LogP contribution in [0.3, 0.4) is 0 Å². The fourth-order valence-electron chi connectivity index (χ4n) is 5.81. The molecule has 0 bridgehead atoms. The van der Waals surface area contributed by atoms with E-state index in [1.165, 1.54) is 12.1 Å². The number of methoxy groups -OCH3 is 2. The molecule has 0 spiro atoms. The second kappa shape index (κ2) is 11.2. The first-order valence-electron chi connectivity index (χ1n) is 14.3. The smallest absolute Gasteiger partial charge is 0.416 e. The lowest BCUT2D eigenvalue weighted by atomic mass is 9.94. The number of hydrogen-bond acceptors (Lipinski definition) is 5. The Morgan fingerprint density at radius 2 is 1.27 bits per heavy atom. The highest BCUT2D eigenvalue weighted by atomic mass is 32.2. The number of rotatable bonds is 5. The van der Waals surface area contributed by atoms with E-state index in [2.05, 4.69) is 41.3 Å². The minimum atomic E-state index is -4.44. The van der Waals surface area contributed by atoms with Crippen LogP contribution in [-0.4, -0.2) is 19.2 Å². The summed E-state index contributed by atoms with van der Waals surface area (Å²) in [6.45, 7) is 2.04. The average Bonchev–Trinajstić information content (AvgIpc) is 3.06. The van der Waals surface area contributed by atoms with Gasteiger partial charge < -0.3 is 14.4 Å². The lowest BCUT2D eigenvalue weighted by molar-refractivity contribution is -0.137. The summed E-state index contributed by atoms with van der Waals surface area (Å²) in [6.07, 6.45) is -4.44. The Bertz CT molecular complexity index is 2010. The van der Waals surface area contributed by atoms with Crippen molar-refractivity contribution in [1.29, 1.82) is 0 Å². The predicted octanol–water partition coefficient (Wildman–Crippen LogP) is 10.8. The van der Waals surface area contributed by atoms with Crippen LogP contribution in [0.4, 0.5) is 30.2 Å². The van der Waals surface area contributed by atoms with Crippen LogP contribution in [0.1, 0.15) is 11.1 Å². The lowest BCUT2D eigenvalue weighted by Gasteiger charge is -2.33. The molecule has 0 unspecified atom stereocenters. The number of hydrogen-bond donors (Lipinski definition) is 0. The first-order valence-corrected chi connectivity index (χ1v) is 15.1. The van der Waals surface area contributed by atoms with E-state index in [0.29, 0.717) is 22.8 Å². The zero-order chi connectivity index (χ0) is 31.3. The highest BCUT2D eigenvalue weighted by Gasteiger charge is 2.30. The summed E-state index contributed by atoms with van der Waals surface area (Å²) in [6, 6.07) is 33.4. The largest absolute Gasteiger partial charge is 0.497 e. The number of aromatic nitrogens is 1. The van der Waals surface area contributed by atoms with E-state index in [-0.39, 0.29) is 0 Å². The van der Waals surface area contributed by atoms with Gasteiger partial charge in [-0.25, -0.2) is 4.98 Å². The first-order chi connectivity index (χ1) is 21.7. The number of nitrogens with zero attached hydrogens (tertiary/aromatic N) is 2. The lowest BCUT2D eigenvalue weighted by Crippen LogP contribution is -2.15. The summed E-state index contributed by atoms with van der Waals surface area (Å²) in [5, 5.41) is 0.923. The van der Waals surface area contributed by atoms with Crippen molar-refractivity contribution >= 4 is 39.7 Å². The molecule has 1 aromatic heterocycles. The third-order valence-electron chi connectivity index (χ3n) is 7.99. The number of aryl methyl sites for hydroxylation is 1. The molecule has 1 aliphatic heterocycles. The van der Waals surface area contributed by atoms with Gasteiger partial charge in [-0.15, -0.1) is 0 Å². The number of alkyl halides is 3. The van der Waals surface area contributed by atoms with Gasteiger partial charge in [0.2, 0.25) is 0 Å². The molecule has 1 aliphatic rings. The van der Waals surface area contributed by atoms with Crippen molar-refractivity contribution in [2.75, 3.05) is 19.1 Å². The normalized spacial score (nSPS) is 12.5. The maximum atomic E-state index is 13.5. The molecule has 7 rings (SSSR count). The van der Waals surface area contributed by atoms with E-state index in [9.17, 15) is 13.2 Å². The molecule has 4 nitrogen and oxygen atoms in total. The Labute approximate surface area is 263 Å². The summed E-state index contributed by atoms with van der Waals surface area (Å²) >= 11 is 1.72. The quantitative estimate of drug-likeness (QED) is 0.191. The van der Waals surface area contributed by atoms with Crippen LogP contribution in [0, 0.1) is 6.92 Å². The summed E-state index contributed by atoms with van der Waals surface area (Å²) in [7, 11) is 3.20. The molecule has 2 heterocycles. The molecule has 224 valence electrons. The number of fused-ring (bicyclic) bond motifs is 3. The van der Waals surface area contributed by atoms with E-state index in [0.717, 1.165) is 66.6 Å². The maximum Gasteiger partial charge on any atom is 0.416 e. The van der Waals surface area contributed by atoms with Crippen molar-refractivity contribution in [3.8, 4) is 33.9 Å². The van der Waals surface area contributed by atoms with E-state index >= 15 is 0 Å². The Morgan fingerprint density at radius 3 is 1.84 bits per heavy atom. The van der Waals surface area contributed by atoms with Crippen LogP contribution in [-0.2, 0) is 6.18 Å². The number of pyridine rings is 1. The monoisotopic (exact) mass is 620 g/mol. The minimum absolute atomic E-state index is 0.549. The molecule has 0 amide bonds. The fraction of sp³-hybridized carbons (Fsp3) is 0.108. The molecular weight excluding hydrogens is 593 g/mol. The van der Waals surface area contributed by atoms with Gasteiger partial charge in [-0.2, -0.15) is 13.2 Å². The fourth-order valence-corrected chi connectivity index (χ4v) is 6.87. The Balaban J connectivity index is 1.55. The summed E-state index contributed by atoms with van der Waals surface area (Å²) in [5.74, 6) is 1.24. The second-order valence-corrected chi connectivity index (χ2v) is 11.8. The molecule has 6 aromatic rings. The van der Waals surface area contributed by atoms with E-state index in [4.69, 9.17) is 14.5 Å². The average molecular weight is 621 g/mol. The zero-order valence-electron chi connectivity index (χ0n) is 24.6. The Morgan fingerprint density at radius 1 is 0.667 bits per heavy atom. The molecular formula is C37H27F3N2O2S. The first kappa shape index (κ1) is 28.8. The predicted molar refractivity (Wildman–Crippen MR) is 174 cm³/mol. The number of halogens is 3. The van der Waals surface area contributed by atoms with E-state index < -0.39 is 11.7 Å². The highest BCUT2D eigenvalue weighted by molar-refractivity contribution is 7.99. The second-order valence-electron chi connectivity index (χ2n) is 10.7. The van der Waals surface area contributed by atoms with E-state index in [1.807, 2.05) is 49.4 Å². The highest BCUT2D eigenvalue weighted by Crippen LogP contribution is 2.53. The molecule has 0 fully saturated rings. The third-order valence-corrected chi connectivity index (χ3v) is 9.12. The van der Waals surface area contributed by atoms with Crippen molar-refractivity contribution < 1.29 is 22.6 Å². The van der Waals surface area contributed by atoms with Gasteiger partial charge in [-0.05, 0) is 84.3 Å². The molecule has 0 radical (unpaired) electrons. The van der Waals surface area contributed by atoms with Crippen LogP contribution in [0.15, 0.2) is 119 Å². The maximum absolute atomic E-state index is 13.5. The van der Waals surface area contributed by atoms with Crippen LogP contribution in [0.5, 0.6) is 11.5 Å². The van der Waals surface area contributed by atoms with Gasteiger partial charge in [-0.3, -0.25) is 0 Å². The van der Waals surface area contributed by atoms with Gasteiger partial charge in [0, 0.05) is 26.8 Å². The number of ether oxygens (including phenoxy) is 2. The SMILES string of the molecule is COc1cc(OC)cc(-c2cc(-c3ccc(C(F)(F)F)cc3)nc3c(N4c5ccccc5Sc5ccccc54)ccc(C)c23)c1. The zero-order valence-corrected chi connectivity index (χ0v) is 25.5. The van der Waals surface area contributed by atoms with Gasteiger partial charge in [0.25, 0.3) is 0 Å². The molecule has 0 aliphatic carbocycles. The molecule has 8 heteroatoms. The summed E-state index contributed by atoms with van der Waals surface area (Å²) < 4.78 is 51.6.